The van der Waals surface area contributed by atoms with Crippen LogP contribution < -0.4 is 0 Å². The molecule has 1 heterocycles. The van der Waals surface area contributed by atoms with Crippen molar-refractivity contribution in [2.75, 3.05) is 6.54 Å². The van der Waals surface area contributed by atoms with Crippen LogP contribution in [-0.4, -0.2) is 22.5 Å². The Morgan fingerprint density at radius 1 is 1.04 bits per heavy atom. The van der Waals surface area contributed by atoms with Crippen LogP contribution in [0.1, 0.15) is 56.6 Å². The van der Waals surface area contributed by atoms with Crippen molar-refractivity contribution in [3.63, 3.8) is 0 Å². The average Bonchev–Trinajstić information content (AvgIpc) is 2.59. The maximum absolute atomic E-state index is 13.4. The summed E-state index contributed by atoms with van der Waals surface area (Å²) in [6.45, 7) is 6.78. The van der Waals surface area contributed by atoms with E-state index >= 15 is 0 Å². The molecule has 0 amide bonds. The van der Waals surface area contributed by atoms with Crippen molar-refractivity contribution in [3.8, 4) is 0 Å². The Kier molecular flexibility index (Phi) is 6.75. The van der Waals surface area contributed by atoms with Gasteiger partial charge in [-0.2, -0.15) is 13.2 Å². The molecule has 6 heteroatoms. The summed E-state index contributed by atoms with van der Waals surface area (Å²) in [5, 5.41) is 0. The molecule has 1 unspecified atom stereocenters. The van der Waals surface area contributed by atoms with Gasteiger partial charge in [0.1, 0.15) is 11.5 Å². The number of benzene rings is 1. The lowest BCUT2D eigenvalue weighted by molar-refractivity contribution is -0.141. The Balaban J connectivity index is 2.54. The number of nitrogens with zero attached hydrogens (tertiary/aromatic N) is 2. The second-order valence-corrected chi connectivity index (χ2v) is 6.58. The summed E-state index contributed by atoms with van der Waals surface area (Å²) in [7, 11) is 0. The molecule has 2 nitrogen and oxygen atoms in total. The lowest BCUT2D eigenvalue weighted by Crippen LogP contribution is -2.37. The van der Waals surface area contributed by atoms with Gasteiger partial charge in [-0.25, -0.2) is 9.37 Å². The molecule has 0 saturated heterocycles. The van der Waals surface area contributed by atoms with Gasteiger partial charge < -0.3 is 0 Å². The molecule has 2 aromatic rings. The molecule has 0 spiro atoms. The van der Waals surface area contributed by atoms with E-state index in [-0.39, 0.29) is 11.9 Å². The first kappa shape index (κ1) is 20.4. The molecule has 0 radical (unpaired) electrons. The third kappa shape index (κ3) is 5.04. The van der Waals surface area contributed by atoms with Crippen LogP contribution in [0.5, 0.6) is 0 Å². The van der Waals surface area contributed by atoms with Gasteiger partial charge in [0.2, 0.25) is 0 Å². The van der Waals surface area contributed by atoms with Gasteiger partial charge in [-0.05, 0) is 56.6 Å². The molecule has 0 aliphatic heterocycles. The summed E-state index contributed by atoms with van der Waals surface area (Å²) in [6.07, 6.45) is -2.63. The summed E-state index contributed by atoms with van der Waals surface area (Å²) >= 11 is 0. The topological polar surface area (TPSA) is 16.1 Å². The van der Waals surface area contributed by atoms with Gasteiger partial charge in [0.15, 0.2) is 0 Å². The second kappa shape index (κ2) is 8.62. The highest BCUT2D eigenvalue weighted by Crippen LogP contribution is 2.33. The first-order valence-corrected chi connectivity index (χ1v) is 8.79. The Morgan fingerprint density at radius 2 is 1.69 bits per heavy atom. The molecule has 0 fully saturated rings. The normalized spacial score (nSPS) is 13.4. The first-order chi connectivity index (χ1) is 12.2. The Hall–Kier alpha value is -1.95. The van der Waals surface area contributed by atoms with Crippen LogP contribution in [-0.2, 0) is 6.18 Å². The lowest BCUT2D eigenvalue weighted by atomic mass is 9.99. The highest BCUT2D eigenvalue weighted by molar-refractivity contribution is 5.30. The standard InChI is InChI=1S/C20H24F4N2/c1-4-5-13-26(14(2)3)19(15-9-11-16(21)12-10-15)17-7-6-8-18(25-17)20(22,23)24/h6-12,14,19H,4-5,13H2,1-3H3. The monoisotopic (exact) mass is 368 g/mol. The molecule has 1 aromatic heterocycles. The predicted octanol–water partition coefficient (Wildman–Crippen LogP) is 5.84. The minimum absolute atomic E-state index is 0.0907. The fraction of sp³-hybridized carbons (Fsp3) is 0.450. The second-order valence-electron chi connectivity index (χ2n) is 6.58. The van der Waals surface area contributed by atoms with Crippen LogP contribution >= 0.6 is 0 Å². The van der Waals surface area contributed by atoms with E-state index in [0.717, 1.165) is 24.5 Å². The van der Waals surface area contributed by atoms with E-state index in [2.05, 4.69) is 16.8 Å². The van der Waals surface area contributed by atoms with Crippen LogP contribution in [0.4, 0.5) is 17.6 Å². The van der Waals surface area contributed by atoms with Crippen molar-refractivity contribution in [3.05, 3.63) is 65.2 Å². The number of unbranched alkanes of at least 4 members (excludes halogenated alkanes) is 1. The number of rotatable bonds is 7. The molecule has 142 valence electrons. The van der Waals surface area contributed by atoms with E-state index in [4.69, 9.17) is 0 Å². The third-order valence-electron chi connectivity index (χ3n) is 4.29. The van der Waals surface area contributed by atoms with Gasteiger partial charge in [-0.1, -0.05) is 31.5 Å². The SMILES string of the molecule is CCCCN(C(C)C)C(c1ccc(F)cc1)c1cccc(C(F)(F)F)n1. The largest absolute Gasteiger partial charge is 0.433 e. The zero-order valence-corrected chi connectivity index (χ0v) is 15.2. The molecular formula is C20H24F4N2. The highest BCUT2D eigenvalue weighted by Gasteiger charge is 2.34. The summed E-state index contributed by atoms with van der Waals surface area (Å²) in [5.74, 6) is -0.380. The number of hydrogen-bond donors (Lipinski definition) is 0. The van der Waals surface area contributed by atoms with Crippen LogP contribution in [0.25, 0.3) is 0 Å². The fourth-order valence-corrected chi connectivity index (χ4v) is 2.96. The Morgan fingerprint density at radius 3 is 2.23 bits per heavy atom. The van der Waals surface area contributed by atoms with Crippen molar-refractivity contribution in [1.82, 2.24) is 9.88 Å². The average molecular weight is 368 g/mol. The molecule has 0 saturated carbocycles. The van der Waals surface area contributed by atoms with Crippen molar-refractivity contribution in [1.29, 1.82) is 0 Å². The van der Waals surface area contributed by atoms with Crippen LogP contribution in [0.3, 0.4) is 0 Å². The smallest absolute Gasteiger partial charge is 0.289 e. The molecule has 0 N–H and O–H groups in total. The molecule has 0 aliphatic carbocycles. The van der Waals surface area contributed by atoms with E-state index in [1.54, 1.807) is 18.2 Å². The van der Waals surface area contributed by atoms with Crippen molar-refractivity contribution < 1.29 is 17.6 Å². The minimum atomic E-state index is -4.50. The Bertz CT molecular complexity index is 696. The molecular weight excluding hydrogens is 344 g/mol. The van der Waals surface area contributed by atoms with Crippen molar-refractivity contribution in [2.24, 2.45) is 0 Å². The van der Waals surface area contributed by atoms with Crippen LogP contribution in [0.15, 0.2) is 42.5 Å². The summed E-state index contributed by atoms with van der Waals surface area (Å²) in [4.78, 5) is 6.00. The van der Waals surface area contributed by atoms with Gasteiger partial charge in [0.05, 0.1) is 11.7 Å². The number of alkyl halides is 3. The van der Waals surface area contributed by atoms with Gasteiger partial charge in [-0.15, -0.1) is 0 Å². The van der Waals surface area contributed by atoms with Gasteiger partial charge in [0.25, 0.3) is 0 Å². The lowest BCUT2D eigenvalue weighted by Gasteiger charge is -2.35. The molecule has 0 bridgehead atoms. The summed E-state index contributed by atoms with van der Waals surface area (Å²) in [6, 6.07) is 9.45. The minimum Gasteiger partial charge on any atom is -0.289 e. The zero-order chi connectivity index (χ0) is 19.3. The number of halogens is 4. The molecule has 26 heavy (non-hydrogen) atoms. The number of aromatic nitrogens is 1. The predicted molar refractivity (Wildman–Crippen MR) is 94.2 cm³/mol. The van der Waals surface area contributed by atoms with Crippen molar-refractivity contribution in [2.45, 2.75) is 51.9 Å². The maximum atomic E-state index is 13.4. The summed E-state index contributed by atoms with van der Waals surface area (Å²) < 4.78 is 52.7. The highest BCUT2D eigenvalue weighted by atomic mass is 19.4. The van der Waals surface area contributed by atoms with E-state index in [1.165, 1.54) is 18.2 Å². The summed E-state index contributed by atoms with van der Waals surface area (Å²) in [5.41, 5.74) is 0.126. The quantitative estimate of drug-likeness (QED) is 0.571. The molecule has 1 atom stereocenters. The zero-order valence-electron chi connectivity index (χ0n) is 15.2. The Labute approximate surface area is 151 Å². The van der Waals surface area contributed by atoms with E-state index in [0.29, 0.717) is 12.2 Å². The van der Waals surface area contributed by atoms with Crippen LogP contribution in [0, 0.1) is 5.82 Å². The molecule has 2 rings (SSSR count). The van der Waals surface area contributed by atoms with E-state index in [1.807, 2.05) is 13.8 Å². The van der Waals surface area contributed by atoms with Gasteiger partial charge in [-0.3, -0.25) is 4.90 Å². The van der Waals surface area contributed by atoms with Gasteiger partial charge in [0, 0.05) is 6.04 Å². The van der Waals surface area contributed by atoms with E-state index in [9.17, 15) is 17.6 Å². The van der Waals surface area contributed by atoms with Gasteiger partial charge >= 0.3 is 6.18 Å². The number of hydrogen-bond acceptors (Lipinski definition) is 2. The third-order valence-corrected chi connectivity index (χ3v) is 4.29. The fourth-order valence-electron chi connectivity index (χ4n) is 2.96. The van der Waals surface area contributed by atoms with E-state index < -0.39 is 17.9 Å². The number of pyridine rings is 1. The maximum Gasteiger partial charge on any atom is 0.433 e. The first-order valence-electron chi connectivity index (χ1n) is 8.79. The molecule has 0 aliphatic rings. The molecule has 1 aromatic carbocycles. The van der Waals surface area contributed by atoms with Crippen LogP contribution in [0.2, 0.25) is 0 Å². The van der Waals surface area contributed by atoms with Crippen molar-refractivity contribution >= 4 is 0 Å².